The van der Waals surface area contributed by atoms with E-state index >= 15 is 0 Å². The van der Waals surface area contributed by atoms with E-state index in [1.54, 1.807) is 6.07 Å². The Bertz CT molecular complexity index is 987. The van der Waals surface area contributed by atoms with Gasteiger partial charge in [0.25, 0.3) is 0 Å². The minimum Gasteiger partial charge on any atom is -0.439 e. The van der Waals surface area contributed by atoms with Gasteiger partial charge < -0.3 is 9.32 Å². The highest BCUT2D eigenvalue weighted by Gasteiger charge is 2.22. The van der Waals surface area contributed by atoms with Crippen LogP contribution in [-0.4, -0.2) is 46.0 Å². The summed E-state index contributed by atoms with van der Waals surface area (Å²) in [6.45, 7) is 5.47. The molecule has 1 aromatic carbocycles. The fourth-order valence-corrected chi connectivity index (χ4v) is 3.15. The van der Waals surface area contributed by atoms with Crippen LogP contribution in [0.3, 0.4) is 0 Å². The maximum Gasteiger partial charge on any atom is 0.209 e. The SMILES string of the molecule is Cc1ncnc(N2CCN(Cc3nc4ccc(F)cc4o3)CC2)c1C#N. The van der Waals surface area contributed by atoms with Gasteiger partial charge >= 0.3 is 0 Å². The molecule has 0 N–H and O–H groups in total. The summed E-state index contributed by atoms with van der Waals surface area (Å²) in [6, 6.07) is 6.55. The molecule has 1 fully saturated rings. The lowest BCUT2D eigenvalue weighted by Gasteiger charge is -2.35. The first-order chi connectivity index (χ1) is 12.6. The van der Waals surface area contributed by atoms with Crippen molar-refractivity contribution in [2.45, 2.75) is 13.5 Å². The molecule has 1 saturated heterocycles. The zero-order chi connectivity index (χ0) is 18.1. The summed E-state index contributed by atoms with van der Waals surface area (Å²) in [7, 11) is 0. The molecule has 0 bridgehead atoms. The third-order valence-electron chi connectivity index (χ3n) is 4.55. The first kappa shape index (κ1) is 16.4. The van der Waals surface area contributed by atoms with Crippen LogP contribution in [0.15, 0.2) is 28.9 Å². The van der Waals surface area contributed by atoms with Crippen LogP contribution in [0.4, 0.5) is 10.2 Å². The van der Waals surface area contributed by atoms with E-state index in [1.165, 1.54) is 18.5 Å². The van der Waals surface area contributed by atoms with Crippen molar-refractivity contribution in [2.75, 3.05) is 31.1 Å². The Morgan fingerprint density at radius 2 is 2.04 bits per heavy atom. The zero-order valence-electron chi connectivity index (χ0n) is 14.3. The van der Waals surface area contributed by atoms with Gasteiger partial charge in [0, 0.05) is 32.2 Å². The summed E-state index contributed by atoms with van der Waals surface area (Å²) in [5.41, 5.74) is 2.35. The number of aryl methyl sites for hydroxylation is 1. The third kappa shape index (κ3) is 3.09. The van der Waals surface area contributed by atoms with Crippen LogP contribution in [0.1, 0.15) is 17.1 Å². The molecule has 1 aliphatic heterocycles. The van der Waals surface area contributed by atoms with Crippen molar-refractivity contribution in [1.82, 2.24) is 19.9 Å². The number of fused-ring (bicyclic) bond motifs is 1. The minimum absolute atomic E-state index is 0.331. The molecule has 0 aliphatic carbocycles. The van der Waals surface area contributed by atoms with Crippen molar-refractivity contribution >= 4 is 16.9 Å². The van der Waals surface area contributed by atoms with Crippen LogP contribution >= 0.6 is 0 Å². The van der Waals surface area contributed by atoms with E-state index in [0.717, 1.165) is 26.2 Å². The van der Waals surface area contributed by atoms with Crippen LogP contribution in [-0.2, 0) is 6.54 Å². The van der Waals surface area contributed by atoms with Gasteiger partial charge in [-0.3, -0.25) is 4.90 Å². The molecule has 0 atom stereocenters. The van der Waals surface area contributed by atoms with Gasteiger partial charge in [-0.25, -0.2) is 19.3 Å². The smallest absolute Gasteiger partial charge is 0.209 e. The van der Waals surface area contributed by atoms with E-state index in [0.29, 0.717) is 40.6 Å². The predicted octanol–water partition coefficient (Wildman–Crippen LogP) is 2.26. The van der Waals surface area contributed by atoms with Gasteiger partial charge in [0.2, 0.25) is 5.89 Å². The molecular formula is C18H17FN6O. The van der Waals surface area contributed by atoms with E-state index in [-0.39, 0.29) is 5.82 Å². The van der Waals surface area contributed by atoms with Crippen molar-refractivity contribution in [3.63, 3.8) is 0 Å². The molecule has 3 aromatic rings. The van der Waals surface area contributed by atoms with E-state index < -0.39 is 0 Å². The number of anilines is 1. The minimum atomic E-state index is -0.331. The van der Waals surface area contributed by atoms with Gasteiger partial charge in [0.1, 0.15) is 35.1 Å². The summed E-state index contributed by atoms with van der Waals surface area (Å²) in [6.07, 6.45) is 1.50. The van der Waals surface area contributed by atoms with Gasteiger partial charge in [0.15, 0.2) is 5.58 Å². The molecule has 0 spiro atoms. The highest BCUT2D eigenvalue weighted by Crippen LogP contribution is 2.22. The summed E-state index contributed by atoms with van der Waals surface area (Å²) in [4.78, 5) is 17.1. The quantitative estimate of drug-likeness (QED) is 0.715. The highest BCUT2D eigenvalue weighted by molar-refractivity contribution is 5.72. The van der Waals surface area contributed by atoms with Gasteiger partial charge in [-0.2, -0.15) is 5.26 Å². The van der Waals surface area contributed by atoms with Crippen molar-refractivity contribution < 1.29 is 8.81 Å². The third-order valence-corrected chi connectivity index (χ3v) is 4.55. The van der Waals surface area contributed by atoms with Crippen molar-refractivity contribution in [3.05, 3.63) is 47.5 Å². The zero-order valence-corrected chi connectivity index (χ0v) is 14.3. The van der Waals surface area contributed by atoms with Crippen LogP contribution in [0.5, 0.6) is 0 Å². The Kier molecular flexibility index (Phi) is 4.22. The first-order valence-corrected chi connectivity index (χ1v) is 8.38. The van der Waals surface area contributed by atoms with Crippen molar-refractivity contribution in [3.8, 4) is 6.07 Å². The number of aromatic nitrogens is 3. The number of nitrogens with zero attached hydrogens (tertiary/aromatic N) is 6. The Morgan fingerprint density at radius 3 is 2.81 bits per heavy atom. The number of halogens is 1. The number of benzene rings is 1. The number of nitriles is 1. The Hall–Kier alpha value is -3.05. The van der Waals surface area contributed by atoms with Gasteiger partial charge in [-0.15, -0.1) is 0 Å². The Balaban J connectivity index is 1.43. The van der Waals surface area contributed by atoms with E-state index in [4.69, 9.17) is 4.42 Å². The van der Waals surface area contributed by atoms with Crippen LogP contribution in [0.2, 0.25) is 0 Å². The number of piperazine rings is 1. The van der Waals surface area contributed by atoms with Crippen LogP contribution in [0.25, 0.3) is 11.1 Å². The van der Waals surface area contributed by atoms with Gasteiger partial charge in [-0.05, 0) is 19.1 Å². The lowest BCUT2D eigenvalue weighted by Crippen LogP contribution is -2.46. The Morgan fingerprint density at radius 1 is 1.23 bits per heavy atom. The molecule has 0 amide bonds. The maximum atomic E-state index is 13.3. The lowest BCUT2D eigenvalue weighted by molar-refractivity contribution is 0.228. The summed E-state index contributed by atoms with van der Waals surface area (Å²) in [5, 5.41) is 9.35. The average molecular weight is 352 g/mol. The predicted molar refractivity (Wildman–Crippen MR) is 92.9 cm³/mol. The molecule has 4 rings (SSSR count). The van der Waals surface area contributed by atoms with Crippen molar-refractivity contribution in [1.29, 1.82) is 5.26 Å². The highest BCUT2D eigenvalue weighted by atomic mass is 19.1. The molecule has 0 unspecified atom stereocenters. The Labute approximate surface area is 149 Å². The summed E-state index contributed by atoms with van der Waals surface area (Å²) < 4.78 is 18.9. The molecule has 132 valence electrons. The van der Waals surface area contributed by atoms with Crippen LogP contribution < -0.4 is 4.90 Å². The standard InChI is InChI=1S/C18H17FN6O/c1-12-14(9-20)18(22-11-21-12)25-6-4-24(5-7-25)10-17-23-15-3-2-13(19)8-16(15)26-17/h2-3,8,11H,4-7,10H2,1H3. The largest absolute Gasteiger partial charge is 0.439 e. The summed E-state index contributed by atoms with van der Waals surface area (Å²) >= 11 is 0. The second kappa shape index (κ2) is 6.69. The number of rotatable bonds is 3. The second-order valence-corrected chi connectivity index (χ2v) is 6.25. The fourth-order valence-electron chi connectivity index (χ4n) is 3.15. The molecule has 2 aromatic heterocycles. The molecule has 3 heterocycles. The van der Waals surface area contributed by atoms with Gasteiger partial charge in [-0.1, -0.05) is 0 Å². The molecule has 7 nitrogen and oxygen atoms in total. The lowest BCUT2D eigenvalue weighted by atomic mass is 10.2. The van der Waals surface area contributed by atoms with Crippen LogP contribution in [0, 0.1) is 24.1 Å². The number of hydrogen-bond acceptors (Lipinski definition) is 7. The summed E-state index contributed by atoms with van der Waals surface area (Å²) in [5.74, 6) is 0.939. The molecule has 0 radical (unpaired) electrons. The molecule has 26 heavy (non-hydrogen) atoms. The van der Waals surface area contributed by atoms with E-state index in [9.17, 15) is 9.65 Å². The van der Waals surface area contributed by atoms with Crippen molar-refractivity contribution in [2.24, 2.45) is 0 Å². The first-order valence-electron chi connectivity index (χ1n) is 8.38. The average Bonchev–Trinajstić information content (AvgIpc) is 3.03. The molecule has 0 saturated carbocycles. The second-order valence-electron chi connectivity index (χ2n) is 6.25. The van der Waals surface area contributed by atoms with E-state index in [2.05, 4.69) is 30.8 Å². The number of oxazole rings is 1. The fraction of sp³-hybridized carbons (Fsp3) is 0.333. The molecular weight excluding hydrogens is 335 g/mol. The molecule has 8 heteroatoms. The monoisotopic (exact) mass is 352 g/mol. The maximum absolute atomic E-state index is 13.3. The number of hydrogen-bond donors (Lipinski definition) is 0. The van der Waals surface area contributed by atoms with Gasteiger partial charge in [0.05, 0.1) is 12.2 Å². The topological polar surface area (TPSA) is 82.1 Å². The van der Waals surface area contributed by atoms with E-state index in [1.807, 2.05) is 6.92 Å². The normalized spacial score (nSPS) is 15.3. The molecule has 1 aliphatic rings.